The molecule has 1 aliphatic heterocycles. The lowest BCUT2D eigenvalue weighted by atomic mass is 9.84. The smallest absolute Gasteiger partial charge is 0.180 e. The Kier molecular flexibility index (Phi) is 5.15. The van der Waals surface area contributed by atoms with Crippen LogP contribution in [0.15, 0.2) is 22.7 Å². The summed E-state index contributed by atoms with van der Waals surface area (Å²) in [4.78, 5) is 4.92. The Bertz CT molecular complexity index is 703. The summed E-state index contributed by atoms with van der Waals surface area (Å²) < 4.78 is 5.45. The Balaban J connectivity index is 1.29. The molecule has 1 saturated heterocycles. The summed E-state index contributed by atoms with van der Waals surface area (Å²) in [5, 5.41) is 6.01. The molecule has 2 N–H and O–H groups in total. The molecule has 4 rings (SSSR count). The van der Waals surface area contributed by atoms with E-state index in [1.165, 1.54) is 38.6 Å². The number of hydrogen-bond donors (Lipinski definition) is 1. The maximum Gasteiger partial charge on any atom is 0.180 e. The van der Waals surface area contributed by atoms with Crippen LogP contribution in [0.5, 0.6) is 0 Å². The largest absolute Gasteiger partial charge is 0.354 e. The zero-order chi connectivity index (χ0) is 17.2. The van der Waals surface area contributed by atoms with E-state index in [-0.39, 0.29) is 0 Å². The van der Waals surface area contributed by atoms with Crippen LogP contribution in [0.25, 0.3) is 11.0 Å². The van der Waals surface area contributed by atoms with Crippen LogP contribution >= 0.6 is 11.6 Å². The Morgan fingerprint density at radius 1 is 1.12 bits per heavy atom. The third-order valence-corrected chi connectivity index (χ3v) is 6.07. The van der Waals surface area contributed by atoms with Crippen LogP contribution in [-0.4, -0.2) is 48.8 Å². The van der Waals surface area contributed by atoms with Crippen LogP contribution in [0.3, 0.4) is 0 Å². The molecule has 2 heterocycles. The fourth-order valence-electron chi connectivity index (χ4n) is 4.15. The normalized spacial score (nSPS) is 25.6. The molecule has 0 unspecified atom stereocenters. The molecule has 1 aliphatic carbocycles. The molecule has 136 valence electrons. The van der Waals surface area contributed by atoms with Gasteiger partial charge in [-0.05, 0) is 56.7 Å². The van der Waals surface area contributed by atoms with Gasteiger partial charge in [-0.2, -0.15) is 0 Å². The molecule has 0 bridgehead atoms. The highest BCUT2D eigenvalue weighted by Gasteiger charge is 2.23. The fourth-order valence-corrected chi connectivity index (χ4v) is 4.31. The van der Waals surface area contributed by atoms with Gasteiger partial charge in [-0.1, -0.05) is 16.8 Å². The van der Waals surface area contributed by atoms with Gasteiger partial charge in [0, 0.05) is 43.3 Å². The highest BCUT2D eigenvalue weighted by molar-refractivity contribution is 6.31. The number of halogens is 1. The van der Waals surface area contributed by atoms with Gasteiger partial charge in [0.1, 0.15) is 0 Å². The molecule has 1 aromatic heterocycles. The van der Waals surface area contributed by atoms with E-state index in [2.05, 4.69) is 15.0 Å². The fraction of sp³-hybridized carbons (Fsp3) is 0.632. The molecule has 2 aromatic rings. The standard InChI is InChI=1S/C19H27ClN4O/c20-15-3-6-17-18(13-15)25-22-19(17)24-11-9-23(10-12-24)8-7-14-1-4-16(21)5-2-14/h3,6,13-14,16H,1-2,4-5,7-12,21H2/t14-,16-. The summed E-state index contributed by atoms with van der Waals surface area (Å²) in [6, 6.07) is 6.19. The van der Waals surface area contributed by atoms with E-state index in [0.29, 0.717) is 11.1 Å². The number of nitrogens with two attached hydrogens (primary N) is 1. The second-order valence-corrected chi connectivity index (χ2v) is 7.98. The number of piperazine rings is 1. The van der Waals surface area contributed by atoms with Gasteiger partial charge in [-0.3, -0.25) is 4.90 Å². The molecule has 1 aromatic carbocycles. The highest BCUT2D eigenvalue weighted by atomic mass is 35.5. The van der Waals surface area contributed by atoms with Gasteiger partial charge >= 0.3 is 0 Å². The lowest BCUT2D eigenvalue weighted by Crippen LogP contribution is -2.47. The summed E-state index contributed by atoms with van der Waals surface area (Å²) in [6.07, 6.45) is 6.37. The summed E-state index contributed by atoms with van der Waals surface area (Å²) >= 11 is 6.02. The van der Waals surface area contributed by atoms with Gasteiger partial charge in [0.15, 0.2) is 11.4 Å². The second-order valence-electron chi connectivity index (χ2n) is 7.54. The van der Waals surface area contributed by atoms with E-state index in [0.717, 1.165) is 48.9 Å². The molecule has 1 saturated carbocycles. The number of anilines is 1. The van der Waals surface area contributed by atoms with Crippen molar-refractivity contribution >= 4 is 28.4 Å². The molecule has 2 aliphatic rings. The predicted octanol–water partition coefficient (Wildman–Crippen LogP) is 3.51. The first-order valence-electron chi connectivity index (χ1n) is 9.47. The number of rotatable bonds is 4. The first kappa shape index (κ1) is 17.1. The molecule has 6 heteroatoms. The molecule has 0 amide bonds. The third-order valence-electron chi connectivity index (χ3n) is 5.83. The topological polar surface area (TPSA) is 58.5 Å². The van der Waals surface area contributed by atoms with Gasteiger partial charge in [-0.25, -0.2) is 0 Å². The van der Waals surface area contributed by atoms with E-state index in [1.54, 1.807) is 0 Å². The zero-order valence-corrected chi connectivity index (χ0v) is 15.4. The third kappa shape index (κ3) is 3.94. The van der Waals surface area contributed by atoms with E-state index in [4.69, 9.17) is 21.9 Å². The van der Waals surface area contributed by atoms with E-state index >= 15 is 0 Å². The number of aromatic nitrogens is 1. The quantitative estimate of drug-likeness (QED) is 0.901. The van der Waals surface area contributed by atoms with Crippen molar-refractivity contribution in [3.63, 3.8) is 0 Å². The van der Waals surface area contributed by atoms with Crippen LogP contribution in [0, 0.1) is 5.92 Å². The predicted molar refractivity (Wildman–Crippen MR) is 102 cm³/mol. The van der Waals surface area contributed by atoms with Crippen molar-refractivity contribution in [2.24, 2.45) is 11.7 Å². The number of hydrogen-bond acceptors (Lipinski definition) is 5. The van der Waals surface area contributed by atoms with Crippen molar-refractivity contribution < 1.29 is 4.52 Å². The van der Waals surface area contributed by atoms with Crippen molar-refractivity contribution in [2.45, 2.75) is 38.1 Å². The molecular formula is C19H27ClN4O. The Morgan fingerprint density at radius 3 is 2.64 bits per heavy atom. The van der Waals surface area contributed by atoms with Crippen LogP contribution in [-0.2, 0) is 0 Å². The monoisotopic (exact) mass is 362 g/mol. The van der Waals surface area contributed by atoms with Gasteiger partial charge < -0.3 is 15.2 Å². The van der Waals surface area contributed by atoms with Gasteiger partial charge in [0.2, 0.25) is 0 Å². The molecule has 0 spiro atoms. The van der Waals surface area contributed by atoms with Crippen LogP contribution in [0.4, 0.5) is 5.82 Å². The summed E-state index contributed by atoms with van der Waals surface area (Å²) in [5.41, 5.74) is 6.77. The molecule has 25 heavy (non-hydrogen) atoms. The van der Waals surface area contributed by atoms with Gasteiger partial charge in [0.05, 0.1) is 5.39 Å². The SMILES string of the molecule is N[C@H]1CC[C@H](CCN2CCN(c3noc4cc(Cl)ccc34)CC2)CC1. The first-order chi connectivity index (χ1) is 12.2. The summed E-state index contributed by atoms with van der Waals surface area (Å²) in [6.45, 7) is 5.39. The number of nitrogens with zero attached hydrogens (tertiary/aromatic N) is 3. The van der Waals surface area contributed by atoms with E-state index < -0.39 is 0 Å². The van der Waals surface area contributed by atoms with Crippen molar-refractivity contribution in [2.75, 3.05) is 37.6 Å². The van der Waals surface area contributed by atoms with Crippen LogP contribution in [0.1, 0.15) is 32.1 Å². The Labute approximate surface area is 154 Å². The molecule has 5 nitrogen and oxygen atoms in total. The molecule has 0 radical (unpaired) electrons. The minimum atomic E-state index is 0.451. The average molecular weight is 363 g/mol. The lowest BCUT2D eigenvalue weighted by Gasteiger charge is -2.36. The summed E-state index contributed by atoms with van der Waals surface area (Å²) in [5.74, 6) is 1.83. The zero-order valence-electron chi connectivity index (χ0n) is 14.7. The molecule has 0 atom stereocenters. The maximum atomic E-state index is 6.02. The van der Waals surface area contributed by atoms with Crippen LogP contribution < -0.4 is 10.6 Å². The lowest BCUT2D eigenvalue weighted by molar-refractivity contribution is 0.216. The minimum absolute atomic E-state index is 0.451. The first-order valence-corrected chi connectivity index (χ1v) is 9.84. The Hall–Kier alpha value is -1.30. The minimum Gasteiger partial charge on any atom is -0.354 e. The molecular weight excluding hydrogens is 336 g/mol. The van der Waals surface area contributed by atoms with Gasteiger partial charge in [0.25, 0.3) is 0 Å². The number of benzene rings is 1. The average Bonchev–Trinajstić information content (AvgIpc) is 3.04. The summed E-state index contributed by atoms with van der Waals surface area (Å²) in [7, 11) is 0. The van der Waals surface area contributed by atoms with Crippen LogP contribution in [0.2, 0.25) is 5.02 Å². The van der Waals surface area contributed by atoms with E-state index in [9.17, 15) is 0 Å². The maximum absolute atomic E-state index is 6.02. The van der Waals surface area contributed by atoms with Crippen molar-refractivity contribution in [1.29, 1.82) is 0 Å². The van der Waals surface area contributed by atoms with Crippen molar-refractivity contribution in [3.05, 3.63) is 23.2 Å². The second kappa shape index (κ2) is 7.52. The molecule has 2 fully saturated rings. The van der Waals surface area contributed by atoms with E-state index in [1.807, 2.05) is 18.2 Å². The highest BCUT2D eigenvalue weighted by Crippen LogP contribution is 2.29. The Morgan fingerprint density at radius 2 is 1.88 bits per heavy atom. The van der Waals surface area contributed by atoms with Crippen molar-refractivity contribution in [3.8, 4) is 0 Å². The van der Waals surface area contributed by atoms with Crippen molar-refractivity contribution in [1.82, 2.24) is 10.1 Å². The number of fused-ring (bicyclic) bond motifs is 1. The van der Waals surface area contributed by atoms with Gasteiger partial charge in [-0.15, -0.1) is 0 Å².